The molecular formula is C23H32FNO6. The Morgan fingerprint density at radius 1 is 1.03 bits per heavy atom. The number of hydrogen-bond acceptors (Lipinski definition) is 6. The largest absolute Gasteiger partial charge is 0.466 e. The number of ether oxygens (including phenoxy) is 3. The second-order valence-corrected chi connectivity index (χ2v) is 8.58. The minimum absolute atomic E-state index is 0.00965. The van der Waals surface area contributed by atoms with E-state index in [1.807, 2.05) is 0 Å². The molecule has 1 aliphatic heterocycles. The Bertz CT molecular complexity index is 791. The average Bonchev–Trinajstić information content (AvgIpc) is 2.68. The molecule has 1 heterocycles. The van der Waals surface area contributed by atoms with E-state index >= 15 is 0 Å². The lowest BCUT2D eigenvalue weighted by atomic mass is 9.72. The monoisotopic (exact) mass is 437 g/mol. The predicted octanol–water partition coefficient (Wildman–Crippen LogP) is 3.83. The molecule has 2 rings (SSSR count). The highest BCUT2D eigenvalue weighted by molar-refractivity contribution is 5.81. The van der Waals surface area contributed by atoms with Crippen LogP contribution in [0.4, 0.5) is 9.18 Å². The summed E-state index contributed by atoms with van der Waals surface area (Å²) in [6.07, 6.45) is -0.634. The van der Waals surface area contributed by atoms with E-state index < -0.39 is 47.2 Å². The summed E-state index contributed by atoms with van der Waals surface area (Å²) in [5, 5.41) is 0. The molecule has 1 aromatic carbocycles. The summed E-state index contributed by atoms with van der Waals surface area (Å²) < 4.78 is 30.3. The van der Waals surface area contributed by atoms with E-state index in [2.05, 4.69) is 0 Å². The van der Waals surface area contributed by atoms with Gasteiger partial charge in [0, 0.05) is 19.0 Å². The molecule has 31 heavy (non-hydrogen) atoms. The van der Waals surface area contributed by atoms with Crippen LogP contribution >= 0.6 is 0 Å². The van der Waals surface area contributed by atoms with Crippen LogP contribution in [-0.2, 0) is 23.8 Å². The van der Waals surface area contributed by atoms with E-state index in [0.29, 0.717) is 11.1 Å². The van der Waals surface area contributed by atoms with Gasteiger partial charge < -0.3 is 19.1 Å². The molecule has 172 valence electrons. The lowest BCUT2D eigenvalue weighted by molar-refractivity contribution is -0.157. The molecule has 0 bridgehead atoms. The van der Waals surface area contributed by atoms with Crippen LogP contribution in [0.25, 0.3) is 0 Å². The Kier molecular flexibility index (Phi) is 8.03. The van der Waals surface area contributed by atoms with Gasteiger partial charge >= 0.3 is 18.0 Å². The van der Waals surface area contributed by atoms with Crippen molar-refractivity contribution in [2.75, 3.05) is 26.3 Å². The Balaban J connectivity index is 2.54. The molecule has 1 amide bonds. The molecule has 8 heteroatoms. The first-order chi connectivity index (χ1) is 14.5. The van der Waals surface area contributed by atoms with Crippen molar-refractivity contribution in [3.8, 4) is 0 Å². The quantitative estimate of drug-likeness (QED) is 0.514. The fraction of sp³-hybridized carbons (Fsp3) is 0.609. The van der Waals surface area contributed by atoms with Gasteiger partial charge in [-0.15, -0.1) is 0 Å². The number of amides is 1. The summed E-state index contributed by atoms with van der Waals surface area (Å²) in [6, 6.07) is 4.57. The second-order valence-electron chi connectivity index (χ2n) is 8.58. The fourth-order valence-electron chi connectivity index (χ4n) is 3.89. The Morgan fingerprint density at radius 2 is 1.55 bits per heavy atom. The van der Waals surface area contributed by atoms with Crippen LogP contribution < -0.4 is 0 Å². The number of halogens is 1. The molecule has 1 aliphatic rings. The van der Waals surface area contributed by atoms with Crippen molar-refractivity contribution >= 4 is 18.0 Å². The molecule has 1 saturated heterocycles. The Hall–Kier alpha value is -2.64. The number of hydrogen-bond donors (Lipinski definition) is 0. The number of likely N-dealkylation sites (tertiary alicyclic amines) is 1. The highest BCUT2D eigenvalue weighted by Crippen LogP contribution is 2.41. The minimum atomic E-state index is -0.879. The summed E-state index contributed by atoms with van der Waals surface area (Å²) >= 11 is 0. The van der Waals surface area contributed by atoms with Gasteiger partial charge in [-0.2, -0.15) is 0 Å². The van der Waals surface area contributed by atoms with Crippen molar-refractivity contribution < 1.29 is 33.0 Å². The third-order valence-corrected chi connectivity index (χ3v) is 5.20. The van der Waals surface area contributed by atoms with Crippen LogP contribution in [0.5, 0.6) is 0 Å². The van der Waals surface area contributed by atoms with E-state index in [1.165, 1.54) is 11.0 Å². The summed E-state index contributed by atoms with van der Waals surface area (Å²) in [5.41, 5.74) is 0.133. The maximum absolute atomic E-state index is 14.4. The van der Waals surface area contributed by atoms with Crippen molar-refractivity contribution in [1.29, 1.82) is 0 Å². The molecule has 0 saturated carbocycles. The molecule has 3 atom stereocenters. The van der Waals surface area contributed by atoms with E-state index in [0.717, 1.165) is 0 Å². The lowest BCUT2D eigenvalue weighted by Gasteiger charge is -2.42. The van der Waals surface area contributed by atoms with Crippen LogP contribution in [0.2, 0.25) is 0 Å². The minimum Gasteiger partial charge on any atom is -0.466 e. The molecule has 0 aromatic heterocycles. The Morgan fingerprint density at radius 3 is 2.00 bits per heavy atom. The molecule has 0 radical (unpaired) electrons. The van der Waals surface area contributed by atoms with Crippen LogP contribution in [-0.4, -0.2) is 54.8 Å². The van der Waals surface area contributed by atoms with Crippen molar-refractivity contribution in [3.05, 3.63) is 35.1 Å². The standard InChI is InChI=1S/C23H32FNO6/c1-7-29-20(26)16-12-25(22(28)31-23(4,5)6)13-17(21(27)30-8-2)19(16)15-10-9-11-18(24)14(15)3/h9-11,16-17,19H,7-8,12-13H2,1-6H3/t16-,17+,19+. The van der Waals surface area contributed by atoms with Crippen molar-refractivity contribution in [2.24, 2.45) is 11.8 Å². The Labute approximate surface area is 182 Å². The fourth-order valence-corrected chi connectivity index (χ4v) is 3.89. The van der Waals surface area contributed by atoms with Crippen molar-refractivity contribution in [1.82, 2.24) is 4.90 Å². The van der Waals surface area contributed by atoms with Crippen molar-refractivity contribution in [2.45, 2.75) is 53.1 Å². The number of piperidine rings is 1. The molecule has 1 fully saturated rings. The molecule has 0 N–H and O–H groups in total. The number of carbonyl (C=O) groups is 3. The zero-order chi connectivity index (χ0) is 23.3. The first-order valence-corrected chi connectivity index (χ1v) is 10.6. The van der Waals surface area contributed by atoms with Gasteiger partial charge in [0.05, 0.1) is 25.0 Å². The van der Waals surface area contributed by atoms with Crippen molar-refractivity contribution in [3.63, 3.8) is 0 Å². The third kappa shape index (κ3) is 5.95. The van der Waals surface area contributed by atoms with Crippen LogP contribution in [0.3, 0.4) is 0 Å². The second kappa shape index (κ2) is 10.1. The van der Waals surface area contributed by atoms with Gasteiger partial charge in [-0.05, 0) is 58.7 Å². The molecule has 1 aromatic rings. The predicted molar refractivity (Wildman–Crippen MR) is 112 cm³/mol. The van der Waals surface area contributed by atoms with Gasteiger partial charge in [0.25, 0.3) is 0 Å². The van der Waals surface area contributed by atoms with Gasteiger partial charge in [0.2, 0.25) is 0 Å². The van der Waals surface area contributed by atoms with E-state index in [9.17, 15) is 18.8 Å². The third-order valence-electron chi connectivity index (χ3n) is 5.20. The zero-order valence-corrected chi connectivity index (χ0v) is 19.1. The van der Waals surface area contributed by atoms with Crippen LogP contribution in [0.15, 0.2) is 18.2 Å². The van der Waals surface area contributed by atoms with E-state index in [4.69, 9.17) is 14.2 Å². The van der Waals surface area contributed by atoms with Gasteiger partial charge in [0.15, 0.2) is 0 Å². The normalized spacial score (nSPS) is 21.4. The number of rotatable bonds is 5. The topological polar surface area (TPSA) is 82.1 Å². The molecule has 7 nitrogen and oxygen atoms in total. The number of nitrogens with zero attached hydrogens (tertiary/aromatic N) is 1. The number of benzene rings is 1. The van der Waals surface area contributed by atoms with Gasteiger partial charge in [-0.1, -0.05) is 12.1 Å². The first kappa shape index (κ1) is 24.6. The molecule has 0 unspecified atom stereocenters. The summed E-state index contributed by atoms with van der Waals surface area (Å²) in [4.78, 5) is 39.9. The average molecular weight is 438 g/mol. The van der Waals surface area contributed by atoms with Gasteiger partial charge in [0.1, 0.15) is 11.4 Å². The summed E-state index contributed by atoms with van der Waals surface area (Å²) in [6.45, 7) is 10.4. The molecular weight excluding hydrogens is 405 g/mol. The van der Waals surface area contributed by atoms with Gasteiger partial charge in [-0.25, -0.2) is 9.18 Å². The smallest absolute Gasteiger partial charge is 0.410 e. The SMILES string of the molecule is CCOC(=O)[C@H]1CN(C(=O)OC(C)(C)C)C[C@@H](C(=O)OCC)[C@@H]1c1cccc(F)c1C. The number of esters is 2. The summed E-state index contributed by atoms with van der Waals surface area (Å²) in [7, 11) is 0. The van der Waals surface area contributed by atoms with Gasteiger partial charge in [-0.3, -0.25) is 9.59 Å². The highest BCUT2D eigenvalue weighted by atomic mass is 19.1. The molecule has 0 aliphatic carbocycles. The number of carbonyl (C=O) groups excluding carboxylic acids is 3. The van der Waals surface area contributed by atoms with Crippen LogP contribution in [0.1, 0.15) is 51.7 Å². The zero-order valence-electron chi connectivity index (χ0n) is 19.1. The lowest BCUT2D eigenvalue weighted by Crippen LogP contribution is -2.54. The summed E-state index contributed by atoms with van der Waals surface area (Å²) in [5.74, 6) is -4.01. The van der Waals surface area contributed by atoms with E-state index in [-0.39, 0.29) is 26.3 Å². The van der Waals surface area contributed by atoms with E-state index in [1.54, 1.807) is 53.7 Å². The maximum Gasteiger partial charge on any atom is 0.410 e. The maximum atomic E-state index is 14.4. The highest BCUT2D eigenvalue weighted by Gasteiger charge is 2.48. The molecule has 0 spiro atoms. The first-order valence-electron chi connectivity index (χ1n) is 10.6. The van der Waals surface area contributed by atoms with Crippen LogP contribution in [0, 0.1) is 24.6 Å².